The second-order valence-electron chi connectivity index (χ2n) is 5.96. The first-order valence-corrected chi connectivity index (χ1v) is 8.17. The lowest BCUT2D eigenvalue weighted by atomic mass is 10.2. The van der Waals surface area contributed by atoms with Crippen molar-refractivity contribution >= 4 is 29.1 Å². The van der Waals surface area contributed by atoms with Gasteiger partial charge >= 0.3 is 6.18 Å². The second kappa shape index (κ2) is 8.05. The van der Waals surface area contributed by atoms with Gasteiger partial charge in [0, 0.05) is 31.7 Å². The first-order valence-electron chi connectivity index (χ1n) is 7.80. The van der Waals surface area contributed by atoms with Crippen LogP contribution in [0.25, 0.3) is 0 Å². The lowest BCUT2D eigenvalue weighted by Gasteiger charge is -2.21. The van der Waals surface area contributed by atoms with Crippen LogP contribution >= 0.6 is 11.6 Å². The Morgan fingerprint density at radius 1 is 1.40 bits per heavy atom. The lowest BCUT2D eigenvalue weighted by molar-refractivity contribution is -0.137. The highest BCUT2D eigenvalue weighted by molar-refractivity contribution is 6.31. The summed E-state index contributed by atoms with van der Waals surface area (Å²) in [6.45, 7) is 1.77. The molecule has 1 aromatic rings. The molecule has 1 fully saturated rings. The van der Waals surface area contributed by atoms with Crippen molar-refractivity contribution in [2.75, 3.05) is 38.5 Å². The number of carbonyl (C=O) groups is 2. The third kappa shape index (κ3) is 5.61. The summed E-state index contributed by atoms with van der Waals surface area (Å²) in [5.41, 5.74) is -0.960. The van der Waals surface area contributed by atoms with Crippen LogP contribution in [0.4, 0.5) is 18.9 Å². The number of halogens is 4. The van der Waals surface area contributed by atoms with Gasteiger partial charge in [0.1, 0.15) is 0 Å². The summed E-state index contributed by atoms with van der Waals surface area (Å²) < 4.78 is 38.5. The number of anilines is 1. The standard InChI is InChI=1S/C16H19ClF3N3O2/c1-22(7-8-23-6-2-3-15(23)25)10-14(24)21-11-4-5-13(17)12(9-11)16(18,19)20/h4-5,9H,2-3,6-8,10H2,1H3,(H,21,24). The SMILES string of the molecule is CN(CCN1CCCC1=O)CC(=O)Nc1ccc(Cl)c(C(F)(F)F)c1. The lowest BCUT2D eigenvalue weighted by Crippen LogP contribution is -2.37. The largest absolute Gasteiger partial charge is 0.417 e. The van der Waals surface area contributed by atoms with Gasteiger partial charge in [-0.05, 0) is 31.7 Å². The van der Waals surface area contributed by atoms with E-state index in [0.717, 1.165) is 25.1 Å². The molecule has 0 spiro atoms. The van der Waals surface area contributed by atoms with Crippen LogP contribution < -0.4 is 5.32 Å². The van der Waals surface area contributed by atoms with Gasteiger partial charge in [0.2, 0.25) is 11.8 Å². The highest BCUT2D eigenvalue weighted by atomic mass is 35.5. The summed E-state index contributed by atoms with van der Waals surface area (Å²) in [6, 6.07) is 3.23. The van der Waals surface area contributed by atoms with Gasteiger partial charge in [0.25, 0.3) is 0 Å². The third-order valence-corrected chi connectivity index (χ3v) is 4.22. The number of likely N-dealkylation sites (N-methyl/N-ethyl adjacent to an activating group) is 1. The van der Waals surface area contributed by atoms with Crippen molar-refractivity contribution < 1.29 is 22.8 Å². The van der Waals surface area contributed by atoms with Crippen LogP contribution in [-0.2, 0) is 15.8 Å². The zero-order chi connectivity index (χ0) is 18.6. The minimum absolute atomic E-state index is 0.00596. The molecule has 138 valence electrons. The van der Waals surface area contributed by atoms with E-state index in [1.165, 1.54) is 6.07 Å². The van der Waals surface area contributed by atoms with Gasteiger partial charge in [-0.2, -0.15) is 13.2 Å². The van der Waals surface area contributed by atoms with Gasteiger partial charge < -0.3 is 10.2 Å². The fourth-order valence-electron chi connectivity index (χ4n) is 2.58. The quantitative estimate of drug-likeness (QED) is 0.829. The summed E-state index contributed by atoms with van der Waals surface area (Å²) in [7, 11) is 1.71. The van der Waals surface area contributed by atoms with Gasteiger partial charge in [-0.25, -0.2) is 0 Å². The molecule has 1 N–H and O–H groups in total. The van der Waals surface area contributed by atoms with Crippen molar-refractivity contribution in [3.63, 3.8) is 0 Å². The highest BCUT2D eigenvalue weighted by Crippen LogP contribution is 2.36. The number of nitrogens with one attached hydrogen (secondary N) is 1. The molecule has 1 saturated heterocycles. The van der Waals surface area contributed by atoms with E-state index in [9.17, 15) is 22.8 Å². The van der Waals surface area contributed by atoms with Crippen molar-refractivity contribution in [3.8, 4) is 0 Å². The van der Waals surface area contributed by atoms with E-state index in [4.69, 9.17) is 11.6 Å². The molecule has 0 unspecified atom stereocenters. The van der Waals surface area contributed by atoms with E-state index in [0.29, 0.717) is 19.5 Å². The Morgan fingerprint density at radius 3 is 2.72 bits per heavy atom. The van der Waals surface area contributed by atoms with Crippen LogP contribution in [0.2, 0.25) is 5.02 Å². The number of likely N-dealkylation sites (tertiary alicyclic amines) is 1. The molecule has 25 heavy (non-hydrogen) atoms. The summed E-state index contributed by atoms with van der Waals surface area (Å²) in [4.78, 5) is 26.9. The molecule has 0 aliphatic carbocycles. The van der Waals surface area contributed by atoms with Crippen molar-refractivity contribution in [2.45, 2.75) is 19.0 Å². The molecule has 5 nitrogen and oxygen atoms in total. The first kappa shape index (κ1) is 19.5. The zero-order valence-corrected chi connectivity index (χ0v) is 14.5. The van der Waals surface area contributed by atoms with E-state index >= 15 is 0 Å². The van der Waals surface area contributed by atoms with Crippen LogP contribution in [0.1, 0.15) is 18.4 Å². The molecule has 9 heteroatoms. The fraction of sp³-hybridized carbons (Fsp3) is 0.500. The number of hydrogen-bond donors (Lipinski definition) is 1. The van der Waals surface area contributed by atoms with Crippen LogP contribution in [0.15, 0.2) is 18.2 Å². The number of benzene rings is 1. The van der Waals surface area contributed by atoms with Gasteiger partial charge in [-0.3, -0.25) is 14.5 Å². The summed E-state index contributed by atoms with van der Waals surface area (Å²) in [5.74, 6) is -0.329. The maximum Gasteiger partial charge on any atom is 0.417 e. The average Bonchev–Trinajstić information content (AvgIpc) is 2.91. The molecule has 0 atom stereocenters. The molecule has 1 heterocycles. The Labute approximate surface area is 148 Å². The highest BCUT2D eigenvalue weighted by Gasteiger charge is 2.33. The topological polar surface area (TPSA) is 52.7 Å². The van der Waals surface area contributed by atoms with E-state index in [1.807, 2.05) is 0 Å². The molecular weight excluding hydrogens is 359 g/mol. The Bertz CT molecular complexity index is 652. The minimum Gasteiger partial charge on any atom is -0.341 e. The van der Waals surface area contributed by atoms with Crippen LogP contribution in [0.5, 0.6) is 0 Å². The summed E-state index contributed by atoms with van der Waals surface area (Å²) in [5, 5.41) is 2.01. The molecule has 1 aromatic carbocycles. The molecule has 0 radical (unpaired) electrons. The molecule has 2 rings (SSSR count). The minimum atomic E-state index is -4.59. The summed E-state index contributed by atoms with van der Waals surface area (Å²) in [6.07, 6.45) is -3.18. The van der Waals surface area contributed by atoms with Crippen LogP contribution in [0, 0.1) is 0 Å². The number of carbonyl (C=O) groups excluding carboxylic acids is 2. The van der Waals surface area contributed by atoms with Gasteiger partial charge in [-0.1, -0.05) is 11.6 Å². The van der Waals surface area contributed by atoms with Crippen molar-refractivity contribution in [3.05, 3.63) is 28.8 Å². The molecule has 1 aliphatic rings. The fourth-order valence-corrected chi connectivity index (χ4v) is 2.80. The Balaban J connectivity index is 1.86. The Morgan fingerprint density at radius 2 is 2.12 bits per heavy atom. The maximum absolute atomic E-state index is 12.8. The van der Waals surface area contributed by atoms with Gasteiger partial charge in [-0.15, -0.1) is 0 Å². The number of rotatable bonds is 6. The van der Waals surface area contributed by atoms with E-state index in [1.54, 1.807) is 16.8 Å². The van der Waals surface area contributed by atoms with E-state index in [2.05, 4.69) is 5.32 Å². The molecule has 1 aliphatic heterocycles. The van der Waals surface area contributed by atoms with E-state index in [-0.39, 0.29) is 18.1 Å². The normalized spacial score (nSPS) is 15.1. The smallest absolute Gasteiger partial charge is 0.341 e. The predicted molar refractivity (Wildman–Crippen MR) is 88.4 cm³/mol. The van der Waals surface area contributed by atoms with Crippen molar-refractivity contribution in [1.82, 2.24) is 9.80 Å². The molecule has 0 bridgehead atoms. The Kier molecular flexibility index (Phi) is 6.29. The zero-order valence-electron chi connectivity index (χ0n) is 13.7. The number of alkyl halides is 3. The van der Waals surface area contributed by atoms with E-state index < -0.39 is 22.7 Å². The Hall–Kier alpha value is -1.80. The van der Waals surface area contributed by atoms with Crippen molar-refractivity contribution in [2.24, 2.45) is 0 Å². The van der Waals surface area contributed by atoms with Gasteiger partial charge in [0.05, 0.1) is 17.1 Å². The maximum atomic E-state index is 12.8. The average molecular weight is 378 g/mol. The predicted octanol–water partition coefficient (Wildman–Crippen LogP) is 2.85. The number of amides is 2. The second-order valence-corrected chi connectivity index (χ2v) is 6.37. The summed E-state index contributed by atoms with van der Waals surface area (Å²) >= 11 is 5.54. The number of hydrogen-bond acceptors (Lipinski definition) is 3. The van der Waals surface area contributed by atoms with Crippen molar-refractivity contribution in [1.29, 1.82) is 0 Å². The monoisotopic (exact) mass is 377 g/mol. The molecular formula is C16H19ClF3N3O2. The van der Waals surface area contributed by atoms with Gasteiger partial charge in [0.15, 0.2) is 0 Å². The third-order valence-electron chi connectivity index (χ3n) is 3.89. The van der Waals surface area contributed by atoms with Crippen LogP contribution in [0.3, 0.4) is 0 Å². The molecule has 2 amide bonds. The number of nitrogens with zero attached hydrogens (tertiary/aromatic N) is 2. The molecule has 0 aromatic heterocycles. The first-order chi connectivity index (χ1) is 11.7. The van der Waals surface area contributed by atoms with Crippen LogP contribution in [-0.4, -0.2) is 54.8 Å². The molecule has 0 saturated carbocycles.